The second-order valence-corrected chi connectivity index (χ2v) is 20.3. The fourth-order valence-corrected chi connectivity index (χ4v) is 7.75. The summed E-state index contributed by atoms with van der Waals surface area (Å²) in [6.07, 6.45) is -12.0. The van der Waals surface area contributed by atoms with Crippen molar-refractivity contribution in [3.05, 3.63) is 0 Å². The number of nitrogens with zero attached hydrogens (tertiary/aromatic N) is 4. The van der Waals surface area contributed by atoms with Crippen molar-refractivity contribution in [1.29, 1.82) is 0 Å². The van der Waals surface area contributed by atoms with E-state index in [-0.39, 0.29) is 26.3 Å². The van der Waals surface area contributed by atoms with Crippen LogP contribution in [0.5, 0.6) is 0 Å². The van der Waals surface area contributed by atoms with Crippen LogP contribution < -0.4 is 54.0 Å². The van der Waals surface area contributed by atoms with Gasteiger partial charge in [-0.3, -0.25) is 38.4 Å². The number of hydrogen-bond acceptors (Lipinski definition) is 27. The van der Waals surface area contributed by atoms with E-state index < -0.39 is 122 Å². The Kier molecular flexibility index (Phi) is 69.5. The molecule has 536 valence electrons. The first-order chi connectivity index (χ1) is 41.9. The number of likely N-dealkylation sites (N-methyl/N-ethyl adjacent to an activating group) is 3. The fourth-order valence-electron chi connectivity index (χ4n) is 7.75. The monoisotopic (exact) mass is 1330 g/mol. The van der Waals surface area contributed by atoms with Crippen LogP contribution in [0.2, 0.25) is 0 Å². The van der Waals surface area contributed by atoms with Crippen molar-refractivity contribution in [2.45, 2.75) is 142 Å². The maximum absolute atomic E-state index is 12.2. The Morgan fingerprint density at radius 3 is 0.989 bits per heavy atom. The molecule has 0 unspecified atom stereocenters. The Labute approximate surface area is 541 Å². The summed E-state index contributed by atoms with van der Waals surface area (Å²) in [7, 11) is 7.98. The van der Waals surface area contributed by atoms with Crippen molar-refractivity contribution < 1.29 is 88.7 Å². The minimum Gasteiger partial charge on any atom is -0.469 e. The molecule has 0 fully saturated rings. The third kappa shape index (κ3) is 51.1. The molecule has 0 saturated heterocycles. The molecule has 5 amide bonds. The molecule has 0 aromatic carbocycles. The number of ether oxygens (including phenoxy) is 2. The summed E-state index contributed by atoms with van der Waals surface area (Å²) in [4.78, 5) is 102. The van der Waals surface area contributed by atoms with Gasteiger partial charge in [-0.2, -0.15) is 0 Å². The molecule has 33 heteroatoms. The number of Topliss-reactive ketones (excluding diaryl/α,β-unsaturated/α-hetero) is 1. The summed E-state index contributed by atoms with van der Waals surface area (Å²) < 4.78 is 8.54. The highest BCUT2D eigenvalue weighted by atomic mass is 35.5. The number of esters is 2. The number of hydrogen-bond donors (Lipinski definition) is 18. The molecule has 0 rings (SSSR count). The Bertz CT molecular complexity index is 1680. The maximum atomic E-state index is 12.2. The first kappa shape index (κ1) is 96.7. The third-order valence-corrected chi connectivity index (χ3v) is 12.8. The van der Waals surface area contributed by atoms with Crippen LogP contribution in [0.25, 0.3) is 0 Å². The van der Waals surface area contributed by atoms with Crippen LogP contribution in [0.15, 0.2) is 0 Å². The highest BCUT2D eigenvalue weighted by Gasteiger charge is 2.39. The summed E-state index contributed by atoms with van der Waals surface area (Å²) in [5.74, 6) is -7.13. The predicted octanol–water partition coefficient (Wildman–Crippen LogP) is -6.61. The average molecular weight is 1330 g/mol. The lowest BCUT2D eigenvalue weighted by Crippen LogP contribution is -2.55. The van der Waals surface area contributed by atoms with Crippen molar-refractivity contribution in [2.75, 3.05) is 179 Å². The Hall–Kier alpha value is -4.43. The number of unbranched alkanes of at least 4 members (excludes halogenated alkanes) is 1. The lowest BCUT2D eigenvalue weighted by molar-refractivity contribution is -0.156. The molecule has 0 spiro atoms. The molecule has 0 aromatic heterocycles. The number of nitrogens with one attached hydrogen (secondary N) is 8. The van der Waals surface area contributed by atoms with Gasteiger partial charge in [0.05, 0.1) is 33.7 Å². The number of carbonyl (C=O) groups is 8. The molecular weight excluding hydrogens is 1200 g/mol. The number of rotatable bonds is 49. The van der Waals surface area contributed by atoms with Gasteiger partial charge < -0.3 is 124 Å². The first-order valence-electron chi connectivity index (χ1n) is 30.6. The molecule has 0 bridgehead atoms. The normalized spacial score (nSPS) is 13.5. The molecule has 8 atom stereocenters. The van der Waals surface area contributed by atoms with Gasteiger partial charge in [0, 0.05) is 98.0 Å². The van der Waals surface area contributed by atoms with Crippen molar-refractivity contribution in [3.8, 4) is 0 Å². The Balaban J connectivity index is -0.000000306. The first-order valence-corrected chi connectivity index (χ1v) is 30.6. The fraction of sp³-hybridized carbons (Fsp3) is 0.860. The minimum atomic E-state index is -2.25. The molecule has 0 aliphatic heterocycles. The molecule has 0 aliphatic rings. The molecule has 0 heterocycles. The van der Waals surface area contributed by atoms with Gasteiger partial charge >= 0.3 is 11.9 Å². The van der Waals surface area contributed by atoms with Crippen LogP contribution >= 0.6 is 12.4 Å². The van der Waals surface area contributed by atoms with Crippen molar-refractivity contribution in [1.82, 2.24) is 62.1 Å². The Morgan fingerprint density at radius 1 is 0.389 bits per heavy atom. The van der Waals surface area contributed by atoms with E-state index in [9.17, 15) is 79.2 Å². The topological polar surface area (TPSA) is 478 Å². The summed E-state index contributed by atoms with van der Waals surface area (Å²) >= 11 is 0. The van der Waals surface area contributed by atoms with E-state index in [1.54, 1.807) is 0 Å². The average Bonchev–Trinajstić information content (AvgIpc) is 1.62. The van der Waals surface area contributed by atoms with Crippen molar-refractivity contribution in [3.63, 3.8) is 0 Å². The summed E-state index contributed by atoms with van der Waals surface area (Å²) in [5, 5.41) is 99.7. The van der Waals surface area contributed by atoms with Crippen LogP contribution in [0.3, 0.4) is 0 Å². The highest BCUT2D eigenvalue weighted by Crippen LogP contribution is 2.10. The van der Waals surface area contributed by atoms with Crippen LogP contribution in [-0.2, 0) is 47.8 Å². The molecular formula is C57H123ClN14O18. The molecule has 0 aromatic rings. The summed E-state index contributed by atoms with van der Waals surface area (Å²) in [5.41, 5.74) is 10.9. The van der Waals surface area contributed by atoms with Crippen LogP contribution in [0.1, 0.15) is 93.4 Å². The minimum absolute atomic E-state index is 0. The second-order valence-electron chi connectivity index (χ2n) is 20.3. The zero-order chi connectivity index (χ0) is 67.8. The van der Waals surface area contributed by atoms with Crippen molar-refractivity contribution >= 4 is 59.7 Å². The summed E-state index contributed by atoms with van der Waals surface area (Å²) in [6, 6.07) is 0. The van der Waals surface area contributed by atoms with E-state index in [1.165, 1.54) is 25.9 Å². The van der Waals surface area contributed by atoms with E-state index in [0.29, 0.717) is 26.2 Å². The lowest BCUT2D eigenvalue weighted by atomic mass is 9.97. The highest BCUT2D eigenvalue weighted by molar-refractivity contribution is 5.89. The van der Waals surface area contributed by atoms with Crippen molar-refractivity contribution in [2.24, 2.45) is 11.5 Å². The van der Waals surface area contributed by atoms with E-state index in [0.717, 1.165) is 125 Å². The van der Waals surface area contributed by atoms with Gasteiger partial charge in [0.25, 0.3) is 17.7 Å². The quantitative estimate of drug-likeness (QED) is 0.0252. The SMILES string of the molecule is C.CCCCN(CCC)CCNC(=O)CNC(=O)[C@@H](O)[C@@H](O)[C@H](O)[C@@H](O)C(=O)NCC(=O)NCCN(CCC)CCNC.CCCN(CCN)CCNC.CCCN(CCN)CCNC.COC(=O)CCC(=O)[C@@H](O)[C@@H](O)[C@H](O)[C@@H](O)C(=O)NCC(=O)OC.Cl. The largest absolute Gasteiger partial charge is 0.469 e. The molecule has 0 aliphatic carbocycles. The third-order valence-electron chi connectivity index (χ3n) is 12.8. The van der Waals surface area contributed by atoms with E-state index in [1.807, 2.05) is 26.5 Å². The van der Waals surface area contributed by atoms with E-state index in [4.69, 9.17) is 11.5 Å². The molecule has 20 N–H and O–H groups in total. The number of aliphatic hydroxyl groups excluding tert-OH is 8. The zero-order valence-corrected chi connectivity index (χ0v) is 55.7. The van der Waals surface area contributed by atoms with Crippen LogP contribution in [0, 0.1) is 0 Å². The number of halogens is 1. The molecule has 0 saturated carbocycles. The molecule has 32 nitrogen and oxygen atoms in total. The van der Waals surface area contributed by atoms with Crippen LogP contribution in [-0.4, -0.2) is 336 Å². The second kappa shape index (κ2) is 64.7. The van der Waals surface area contributed by atoms with Gasteiger partial charge in [-0.25, -0.2) is 0 Å². The Morgan fingerprint density at radius 2 is 0.689 bits per heavy atom. The van der Waals surface area contributed by atoms with Gasteiger partial charge in [0.15, 0.2) is 24.1 Å². The number of carbonyl (C=O) groups excluding carboxylic acids is 8. The molecule has 0 radical (unpaired) electrons. The zero-order valence-electron chi connectivity index (χ0n) is 54.8. The van der Waals surface area contributed by atoms with Gasteiger partial charge in [-0.05, 0) is 86.0 Å². The number of amides is 5. The van der Waals surface area contributed by atoms with Gasteiger partial charge in [-0.15, -0.1) is 12.4 Å². The summed E-state index contributed by atoms with van der Waals surface area (Å²) in [6.45, 7) is 25.6. The standard InChI is InChI=1S/C27H55N7O8.C13H21NO10.2C8H21N3.CH4.ClH/c1-5-8-14-33(12-6-2)16-10-29-20(35)18-31-26(41)24(39)22(37)23(38)25(40)27(42)32-19-21(36)30-11-17-34(13-7-3)15-9-28-4;1-23-7(16)4-3-6(15)9(18)10(19)11(20)12(21)13(22)14-5-8(17)24-2;2*1-3-6-11(7-4-9)8-5-10-2;;/h22-25,28,37-40H,5-19H2,1-4H3,(H,29,35)(H,30,36)(H,31,41)(H,32,42);9-12,18-21H,3-5H2,1-2H3,(H,14,22);2*10H,3-9H2,1-2H3;1H4;1H/t22-,23-,24-,25+;9-,10-,11+,12-;;;;/m01..../s1. The predicted molar refractivity (Wildman–Crippen MR) is 347 cm³/mol. The smallest absolute Gasteiger partial charge is 0.325 e. The van der Waals surface area contributed by atoms with Gasteiger partial charge in [0.2, 0.25) is 11.8 Å². The van der Waals surface area contributed by atoms with E-state index in [2.05, 4.69) is 101 Å². The van der Waals surface area contributed by atoms with Crippen LogP contribution in [0.4, 0.5) is 0 Å². The molecule has 90 heavy (non-hydrogen) atoms. The maximum Gasteiger partial charge on any atom is 0.325 e. The lowest BCUT2D eigenvalue weighted by Gasteiger charge is -2.25. The number of aliphatic hydroxyl groups is 8. The van der Waals surface area contributed by atoms with E-state index >= 15 is 0 Å². The number of ketones is 1. The van der Waals surface area contributed by atoms with Gasteiger partial charge in [0.1, 0.15) is 37.1 Å². The number of nitrogens with two attached hydrogens (primary N) is 2. The van der Waals surface area contributed by atoms with Gasteiger partial charge in [-0.1, -0.05) is 48.5 Å². The number of methoxy groups -OCH3 is 2.